The Balaban J connectivity index is 1.22. The molecule has 0 aromatic heterocycles. The molecule has 1 aliphatic rings. The number of carbonyl (C=O) groups excluding carboxylic acids is 3. The van der Waals surface area contributed by atoms with E-state index in [0.29, 0.717) is 61.7 Å². The van der Waals surface area contributed by atoms with Gasteiger partial charge in [0.2, 0.25) is 5.91 Å². The first-order valence-electron chi connectivity index (χ1n) is 11.1. The maximum absolute atomic E-state index is 13.1. The molecule has 1 heterocycles. The summed E-state index contributed by atoms with van der Waals surface area (Å²) in [7, 11) is 0. The second kappa shape index (κ2) is 10.5. The number of fused-ring (bicyclic) bond motifs is 1. The minimum atomic E-state index is -0.181. The van der Waals surface area contributed by atoms with Crippen LogP contribution in [0.4, 0.5) is 0 Å². The zero-order valence-electron chi connectivity index (χ0n) is 18.3. The predicted octanol–water partition coefficient (Wildman–Crippen LogP) is 3.99. The van der Waals surface area contributed by atoms with Crippen LogP contribution in [0.5, 0.6) is 0 Å². The van der Waals surface area contributed by atoms with Crippen molar-refractivity contribution in [3.05, 3.63) is 82.9 Å². The standard InChI is InChI=1S/C26H26ClN3O3/c27-21-12-10-20(11-13-21)25(32)28-14-4-9-24(31)29-15-17-30(18-16-29)26(33)23-8-3-6-19-5-1-2-7-22(19)23/h1-3,5-8,10-13H,4,9,14-18H2,(H,28,32). The number of nitrogens with one attached hydrogen (secondary N) is 1. The Kier molecular flexibility index (Phi) is 7.25. The van der Waals surface area contributed by atoms with E-state index in [0.717, 1.165) is 10.8 Å². The molecule has 0 unspecified atom stereocenters. The largest absolute Gasteiger partial charge is 0.352 e. The van der Waals surface area contributed by atoms with Crippen molar-refractivity contribution in [2.75, 3.05) is 32.7 Å². The van der Waals surface area contributed by atoms with Gasteiger partial charge in [-0.2, -0.15) is 0 Å². The molecule has 6 nitrogen and oxygen atoms in total. The molecule has 4 rings (SSSR count). The lowest BCUT2D eigenvalue weighted by Crippen LogP contribution is -2.50. The lowest BCUT2D eigenvalue weighted by molar-refractivity contribution is -0.132. The third-order valence-corrected chi connectivity index (χ3v) is 6.15. The summed E-state index contributed by atoms with van der Waals surface area (Å²) >= 11 is 5.84. The molecule has 0 radical (unpaired) electrons. The van der Waals surface area contributed by atoms with Gasteiger partial charge in [0.05, 0.1) is 0 Å². The summed E-state index contributed by atoms with van der Waals surface area (Å²) in [5, 5.41) is 5.40. The average molecular weight is 464 g/mol. The molecule has 3 aromatic rings. The number of carbonyl (C=O) groups is 3. The first-order valence-corrected chi connectivity index (χ1v) is 11.5. The van der Waals surface area contributed by atoms with Crippen molar-refractivity contribution >= 4 is 40.1 Å². The van der Waals surface area contributed by atoms with Gasteiger partial charge in [0, 0.05) is 55.3 Å². The summed E-state index contributed by atoms with van der Waals surface area (Å²) in [6.07, 6.45) is 0.922. The first-order chi connectivity index (χ1) is 16.0. The Morgan fingerprint density at radius 1 is 0.818 bits per heavy atom. The minimum Gasteiger partial charge on any atom is -0.352 e. The zero-order chi connectivity index (χ0) is 23.2. The molecule has 0 aliphatic carbocycles. The van der Waals surface area contributed by atoms with Gasteiger partial charge in [-0.15, -0.1) is 0 Å². The maximum atomic E-state index is 13.1. The van der Waals surface area contributed by atoms with Gasteiger partial charge in [0.15, 0.2) is 0 Å². The highest BCUT2D eigenvalue weighted by molar-refractivity contribution is 6.30. The van der Waals surface area contributed by atoms with Crippen molar-refractivity contribution in [2.45, 2.75) is 12.8 Å². The first kappa shape index (κ1) is 22.8. The fourth-order valence-electron chi connectivity index (χ4n) is 4.04. The van der Waals surface area contributed by atoms with Crippen LogP contribution in [0.2, 0.25) is 5.02 Å². The second-order valence-electron chi connectivity index (χ2n) is 8.07. The van der Waals surface area contributed by atoms with Gasteiger partial charge in [0.25, 0.3) is 11.8 Å². The molecule has 170 valence electrons. The Bertz CT molecular complexity index is 1150. The number of hydrogen-bond donors (Lipinski definition) is 1. The molecule has 1 aliphatic heterocycles. The highest BCUT2D eigenvalue weighted by Crippen LogP contribution is 2.21. The molecule has 0 spiro atoms. The van der Waals surface area contributed by atoms with E-state index in [2.05, 4.69) is 5.32 Å². The minimum absolute atomic E-state index is 0.00353. The summed E-state index contributed by atoms with van der Waals surface area (Å²) < 4.78 is 0. The van der Waals surface area contributed by atoms with E-state index in [9.17, 15) is 14.4 Å². The number of piperazine rings is 1. The molecule has 0 saturated carbocycles. The fourth-order valence-corrected chi connectivity index (χ4v) is 4.17. The quantitative estimate of drug-likeness (QED) is 0.562. The number of benzene rings is 3. The van der Waals surface area contributed by atoms with Gasteiger partial charge >= 0.3 is 0 Å². The molecule has 1 fully saturated rings. The Morgan fingerprint density at radius 3 is 2.24 bits per heavy atom. The average Bonchev–Trinajstić information content (AvgIpc) is 2.86. The molecular weight excluding hydrogens is 438 g/mol. The molecule has 0 bridgehead atoms. The van der Waals surface area contributed by atoms with E-state index in [1.165, 1.54) is 0 Å². The summed E-state index contributed by atoms with van der Waals surface area (Å²) in [4.78, 5) is 41.4. The summed E-state index contributed by atoms with van der Waals surface area (Å²) in [6.45, 7) is 2.49. The van der Waals surface area contributed by atoms with E-state index >= 15 is 0 Å². The van der Waals surface area contributed by atoms with Gasteiger partial charge < -0.3 is 15.1 Å². The molecule has 3 amide bonds. The third-order valence-electron chi connectivity index (χ3n) is 5.90. The molecule has 3 aromatic carbocycles. The number of amides is 3. The van der Waals surface area contributed by atoms with Crippen molar-refractivity contribution in [1.82, 2.24) is 15.1 Å². The van der Waals surface area contributed by atoms with Gasteiger partial charge in [0.1, 0.15) is 0 Å². The number of nitrogens with zero attached hydrogens (tertiary/aromatic N) is 2. The second-order valence-corrected chi connectivity index (χ2v) is 8.50. The van der Waals surface area contributed by atoms with Crippen molar-refractivity contribution in [1.29, 1.82) is 0 Å². The number of halogens is 1. The maximum Gasteiger partial charge on any atom is 0.254 e. The normalized spacial score (nSPS) is 13.7. The molecule has 1 N–H and O–H groups in total. The van der Waals surface area contributed by atoms with Gasteiger partial charge in [-0.25, -0.2) is 0 Å². The predicted molar refractivity (Wildman–Crippen MR) is 129 cm³/mol. The highest BCUT2D eigenvalue weighted by atomic mass is 35.5. The van der Waals surface area contributed by atoms with Crippen LogP contribution < -0.4 is 5.32 Å². The Morgan fingerprint density at radius 2 is 1.48 bits per heavy atom. The van der Waals surface area contributed by atoms with E-state index < -0.39 is 0 Å². The van der Waals surface area contributed by atoms with Crippen LogP contribution in [0.1, 0.15) is 33.6 Å². The van der Waals surface area contributed by atoms with E-state index in [4.69, 9.17) is 11.6 Å². The van der Waals surface area contributed by atoms with Crippen molar-refractivity contribution in [3.8, 4) is 0 Å². The number of hydrogen-bond acceptors (Lipinski definition) is 3. The summed E-state index contributed by atoms with van der Waals surface area (Å²) in [5.41, 5.74) is 1.24. The van der Waals surface area contributed by atoms with E-state index in [1.54, 1.807) is 29.2 Å². The fraction of sp³-hybridized carbons (Fsp3) is 0.269. The van der Waals surface area contributed by atoms with E-state index in [-0.39, 0.29) is 17.7 Å². The lowest BCUT2D eigenvalue weighted by Gasteiger charge is -2.35. The molecule has 1 saturated heterocycles. The van der Waals surface area contributed by atoms with Crippen LogP contribution in [0.15, 0.2) is 66.7 Å². The van der Waals surface area contributed by atoms with Crippen molar-refractivity contribution in [2.24, 2.45) is 0 Å². The molecule has 7 heteroatoms. The third kappa shape index (κ3) is 5.52. The lowest BCUT2D eigenvalue weighted by atomic mass is 10.0. The van der Waals surface area contributed by atoms with Crippen LogP contribution in [0, 0.1) is 0 Å². The summed E-state index contributed by atoms with van der Waals surface area (Å²) in [6, 6.07) is 20.3. The topological polar surface area (TPSA) is 69.7 Å². The van der Waals surface area contributed by atoms with E-state index in [1.807, 2.05) is 47.4 Å². The Labute approximate surface area is 198 Å². The summed E-state index contributed by atoms with van der Waals surface area (Å²) in [5.74, 6) is -0.128. The monoisotopic (exact) mass is 463 g/mol. The van der Waals surface area contributed by atoms with Crippen molar-refractivity contribution < 1.29 is 14.4 Å². The number of rotatable bonds is 6. The van der Waals surface area contributed by atoms with Crippen LogP contribution in [-0.4, -0.2) is 60.2 Å². The smallest absolute Gasteiger partial charge is 0.254 e. The SMILES string of the molecule is O=C(NCCCC(=O)N1CCN(C(=O)c2cccc3ccccc23)CC1)c1ccc(Cl)cc1. The molecular formula is C26H26ClN3O3. The Hall–Kier alpha value is -3.38. The van der Waals surface area contributed by atoms with Crippen LogP contribution >= 0.6 is 11.6 Å². The van der Waals surface area contributed by atoms with Gasteiger partial charge in [-0.1, -0.05) is 48.0 Å². The van der Waals surface area contributed by atoms with Gasteiger partial charge in [-0.3, -0.25) is 14.4 Å². The van der Waals surface area contributed by atoms with Crippen LogP contribution in [0.3, 0.4) is 0 Å². The van der Waals surface area contributed by atoms with Crippen LogP contribution in [0.25, 0.3) is 10.8 Å². The molecule has 33 heavy (non-hydrogen) atoms. The van der Waals surface area contributed by atoms with Gasteiger partial charge in [-0.05, 0) is 47.5 Å². The molecule has 0 atom stereocenters. The van der Waals surface area contributed by atoms with Crippen molar-refractivity contribution in [3.63, 3.8) is 0 Å². The van der Waals surface area contributed by atoms with Crippen LogP contribution in [-0.2, 0) is 4.79 Å². The highest BCUT2D eigenvalue weighted by Gasteiger charge is 2.25. The zero-order valence-corrected chi connectivity index (χ0v) is 19.1.